The van der Waals surface area contributed by atoms with Crippen LogP contribution in [0.4, 0.5) is 5.69 Å². The zero-order chi connectivity index (χ0) is 11.8. The summed E-state index contributed by atoms with van der Waals surface area (Å²) in [5.74, 6) is 1.01. The SMILES string of the molecule is CSC1=Nc2cc(Cl)ccc2Cc2nccn21. The third-order valence-electron chi connectivity index (χ3n) is 2.72. The Labute approximate surface area is 109 Å². The van der Waals surface area contributed by atoms with Gasteiger partial charge in [0.25, 0.3) is 0 Å². The molecule has 1 aromatic carbocycles. The van der Waals surface area contributed by atoms with Gasteiger partial charge in [0.05, 0.1) is 5.69 Å². The minimum Gasteiger partial charge on any atom is -0.282 e. The monoisotopic (exact) mass is 263 g/mol. The van der Waals surface area contributed by atoms with Crippen LogP contribution < -0.4 is 0 Å². The Kier molecular flexibility index (Phi) is 2.68. The number of hydrogen-bond acceptors (Lipinski definition) is 3. The molecule has 0 aliphatic carbocycles. The molecule has 3 rings (SSSR count). The fraction of sp³-hybridized carbons (Fsp3) is 0.167. The molecule has 0 saturated carbocycles. The van der Waals surface area contributed by atoms with E-state index in [1.807, 2.05) is 41.4 Å². The summed E-state index contributed by atoms with van der Waals surface area (Å²) in [6.45, 7) is 0. The summed E-state index contributed by atoms with van der Waals surface area (Å²) in [6, 6.07) is 5.82. The number of fused-ring (bicyclic) bond motifs is 2. The Morgan fingerprint density at radius 2 is 2.29 bits per heavy atom. The van der Waals surface area contributed by atoms with Gasteiger partial charge in [0, 0.05) is 23.8 Å². The summed E-state index contributed by atoms with van der Waals surface area (Å²) >= 11 is 7.61. The second-order valence-corrected chi connectivity index (χ2v) is 4.97. The van der Waals surface area contributed by atoms with Gasteiger partial charge < -0.3 is 0 Å². The topological polar surface area (TPSA) is 30.2 Å². The first kappa shape index (κ1) is 10.9. The zero-order valence-electron chi connectivity index (χ0n) is 9.22. The van der Waals surface area contributed by atoms with Crippen molar-refractivity contribution in [3.8, 4) is 0 Å². The number of rotatable bonds is 0. The Morgan fingerprint density at radius 3 is 3.12 bits per heavy atom. The number of thioether (sulfide) groups is 1. The van der Waals surface area contributed by atoms with Crippen molar-refractivity contribution in [2.75, 3.05) is 6.26 Å². The van der Waals surface area contributed by atoms with E-state index in [0.717, 1.165) is 28.7 Å². The van der Waals surface area contributed by atoms with Crippen LogP contribution in [0.5, 0.6) is 0 Å². The number of aliphatic imine (C=N–C) groups is 1. The third-order valence-corrected chi connectivity index (χ3v) is 3.61. The normalized spacial score (nSPS) is 13.6. The average Bonchev–Trinajstić information content (AvgIpc) is 2.72. The van der Waals surface area contributed by atoms with E-state index in [1.54, 1.807) is 11.8 Å². The van der Waals surface area contributed by atoms with E-state index in [4.69, 9.17) is 11.6 Å². The molecule has 0 saturated heterocycles. The lowest BCUT2D eigenvalue weighted by Crippen LogP contribution is -2.08. The summed E-state index contributed by atoms with van der Waals surface area (Å²) in [7, 11) is 0. The van der Waals surface area contributed by atoms with Crippen LogP contribution in [0.3, 0.4) is 0 Å². The molecule has 0 N–H and O–H groups in total. The van der Waals surface area contributed by atoms with E-state index in [2.05, 4.69) is 9.98 Å². The lowest BCUT2D eigenvalue weighted by atomic mass is 10.1. The van der Waals surface area contributed by atoms with E-state index in [1.165, 1.54) is 0 Å². The maximum absolute atomic E-state index is 6.01. The molecular formula is C12H10ClN3S. The molecule has 1 aliphatic heterocycles. The van der Waals surface area contributed by atoms with Gasteiger partial charge in [0.1, 0.15) is 5.82 Å². The molecule has 0 bridgehead atoms. The summed E-state index contributed by atoms with van der Waals surface area (Å²) in [6.07, 6.45) is 6.55. The highest BCUT2D eigenvalue weighted by Crippen LogP contribution is 2.29. The molecule has 1 aliphatic rings. The van der Waals surface area contributed by atoms with Crippen molar-refractivity contribution in [1.82, 2.24) is 9.55 Å². The minimum atomic E-state index is 0.715. The highest BCUT2D eigenvalue weighted by molar-refractivity contribution is 8.13. The number of benzene rings is 1. The van der Waals surface area contributed by atoms with Crippen LogP contribution in [-0.4, -0.2) is 21.0 Å². The molecule has 5 heteroatoms. The van der Waals surface area contributed by atoms with Gasteiger partial charge >= 0.3 is 0 Å². The summed E-state index contributed by atoms with van der Waals surface area (Å²) in [4.78, 5) is 9.02. The van der Waals surface area contributed by atoms with Crippen molar-refractivity contribution < 1.29 is 0 Å². The van der Waals surface area contributed by atoms with Crippen molar-refractivity contribution in [2.45, 2.75) is 6.42 Å². The fourth-order valence-electron chi connectivity index (χ4n) is 1.90. The van der Waals surface area contributed by atoms with Crippen LogP contribution in [-0.2, 0) is 6.42 Å². The molecule has 0 fully saturated rings. The molecule has 0 unspecified atom stereocenters. The van der Waals surface area contributed by atoms with Crippen molar-refractivity contribution >= 4 is 34.2 Å². The van der Waals surface area contributed by atoms with Gasteiger partial charge in [-0.3, -0.25) is 4.57 Å². The molecule has 0 spiro atoms. The standard InChI is InChI=1S/C12H10ClN3S/c1-17-12-15-10-7-9(13)3-2-8(10)6-11-14-4-5-16(11)12/h2-5,7H,6H2,1H3. The molecular weight excluding hydrogens is 254 g/mol. The van der Waals surface area contributed by atoms with Crippen molar-refractivity contribution in [2.24, 2.45) is 4.99 Å². The second kappa shape index (κ2) is 4.20. The van der Waals surface area contributed by atoms with Gasteiger partial charge in [-0.2, -0.15) is 0 Å². The number of aromatic nitrogens is 2. The van der Waals surface area contributed by atoms with Crippen molar-refractivity contribution in [3.63, 3.8) is 0 Å². The van der Waals surface area contributed by atoms with E-state index in [0.29, 0.717) is 5.02 Å². The molecule has 2 aromatic rings. The largest absolute Gasteiger partial charge is 0.282 e. The maximum Gasteiger partial charge on any atom is 0.173 e. The van der Waals surface area contributed by atoms with Crippen LogP contribution >= 0.6 is 23.4 Å². The zero-order valence-corrected chi connectivity index (χ0v) is 10.8. The Morgan fingerprint density at radius 1 is 1.41 bits per heavy atom. The second-order valence-electron chi connectivity index (χ2n) is 3.76. The van der Waals surface area contributed by atoms with Gasteiger partial charge in [0.15, 0.2) is 5.17 Å². The third kappa shape index (κ3) is 1.87. The molecule has 0 amide bonds. The smallest absolute Gasteiger partial charge is 0.173 e. The number of imidazole rings is 1. The molecule has 2 heterocycles. The highest BCUT2D eigenvalue weighted by Gasteiger charge is 2.16. The lowest BCUT2D eigenvalue weighted by Gasteiger charge is -2.03. The summed E-state index contributed by atoms with van der Waals surface area (Å²) in [5.41, 5.74) is 2.10. The van der Waals surface area contributed by atoms with Gasteiger partial charge in [-0.05, 0) is 24.0 Å². The van der Waals surface area contributed by atoms with Gasteiger partial charge in [-0.1, -0.05) is 29.4 Å². The van der Waals surface area contributed by atoms with Crippen LogP contribution in [0.15, 0.2) is 35.6 Å². The molecule has 1 aromatic heterocycles. The predicted molar refractivity (Wildman–Crippen MR) is 72.5 cm³/mol. The number of halogens is 1. The lowest BCUT2D eigenvalue weighted by molar-refractivity contribution is 0.974. The van der Waals surface area contributed by atoms with Crippen LogP contribution in [0.2, 0.25) is 5.02 Å². The van der Waals surface area contributed by atoms with Crippen LogP contribution in [0, 0.1) is 0 Å². The fourth-order valence-corrected chi connectivity index (χ4v) is 2.62. The Bertz CT molecular complexity index is 604. The van der Waals surface area contributed by atoms with E-state index in [-0.39, 0.29) is 0 Å². The first-order valence-corrected chi connectivity index (χ1v) is 6.82. The number of nitrogens with zero attached hydrogens (tertiary/aromatic N) is 3. The van der Waals surface area contributed by atoms with Crippen LogP contribution in [0.25, 0.3) is 0 Å². The molecule has 86 valence electrons. The Hall–Kier alpha value is -1.26. The predicted octanol–water partition coefficient (Wildman–Crippen LogP) is 3.34. The number of hydrogen-bond donors (Lipinski definition) is 0. The molecule has 0 atom stereocenters. The van der Waals surface area contributed by atoms with Crippen LogP contribution in [0.1, 0.15) is 11.4 Å². The highest BCUT2D eigenvalue weighted by atomic mass is 35.5. The van der Waals surface area contributed by atoms with Crippen molar-refractivity contribution in [1.29, 1.82) is 0 Å². The first-order chi connectivity index (χ1) is 8.28. The first-order valence-electron chi connectivity index (χ1n) is 5.21. The van der Waals surface area contributed by atoms with Gasteiger partial charge in [-0.25, -0.2) is 9.98 Å². The van der Waals surface area contributed by atoms with E-state index < -0.39 is 0 Å². The maximum atomic E-state index is 6.01. The summed E-state index contributed by atoms with van der Waals surface area (Å²) < 4.78 is 2.03. The van der Waals surface area contributed by atoms with E-state index >= 15 is 0 Å². The van der Waals surface area contributed by atoms with Gasteiger partial charge in [-0.15, -0.1) is 0 Å². The Balaban J connectivity index is 2.22. The quantitative estimate of drug-likeness (QED) is 0.730. The molecule has 17 heavy (non-hydrogen) atoms. The minimum absolute atomic E-state index is 0.715. The summed E-state index contributed by atoms with van der Waals surface area (Å²) in [5, 5.41) is 1.64. The molecule has 3 nitrogen and oxygen atoms in total. The van der Waals surface area contributed by atoms with Crippen molar-refractivity contribution in [3.05, 3.63) is 47.0 Å². The van der Waals surface area contributed by atoms with E-state index in [9.17, 15) is 0 Å². The molecule has 0 radical (unpaired) electrons. The van der Waals surface area contributed by atoms with Gasteiger partial charge in [0.2, 0.25) is 0 Å². The average molecular weight is 264 g/mol.